The molecule has 0 heterocycles. The number of hydrogen-bond acceptors (Lipinski definition) is 8. The Morgan fingerprint density at radius 2 is 1.55 bits per heavy atom. The number of Topliss-reactive ketones (excluding diaryl/α,β-unsaturated/α-hetero) is 1. The van der Waals surface area contributed by atoms with Gasteiger partial charge in [0.15, 0.2) is 6.61 Å². The van der Waals surface area contributed by atoms with Crippen LogP contribution in [-0.2, 0) is 28.9 Å². The van der Waals surface area contributed by atoms with Crippen molar-refractivity contribution in [1.82, 2.24) is 5.32 Å². The normalized spacial score (nSPS) is 32.5. The summed E-state index contributed by atoms with van der Waals surface area (Å²) >= 11 is 0. The van der Waals surface area contributed by atoms with E-state index in [0.29, 0.717) is 49.0 Å². The average Bonchev–Trinajstić information content (AvgIpc) is 3.51. The number of carbonyl (C=O) groups excluding carboxylic acids is 3. The van der Waals surface area contributed by atoms with Crippen molar-refractivity contribution in [3.63, 3.8) is 0 Å². The SMILES string of the molecule is C[C@H](CCC(=O)NCC(=O)OCC(=O)c1ccc2ccc3cccc4ccc1c2c34)[C@H]1CC[C@H]2[C@@H]3[C@@H](O)C[C@@H]4C[C@H](OS(=O)(=O)O)CC[C@]4(C)[C@H]3CC[C@]12C. The van der Waals surface area contributed by atoms with Crippen molar-refractivity contribution >= 4 is 60.4 Å². The topological polar surface area (TPSA) is 156 Å². The van der Waals surface area contributed by atoms with Gasteiger partial charge in [-0.2, -0.15) is 8.42 Å². The molecule has 0 saturated heterocycles. The van der Waals surface area contributed by atoms with Crippen LogP contribution in [0, 0.1) is 46.3 Å². The number of ketones is 1. The molecule has 294 valence electrons. The summed E-state index contributed by atoms with van der Waals surface area (Å²) in [6, 6.07) is 18.0. The number of ether oxygens (including phenoxy) is 1. The predicted molar refractivity (Wildman–Crippen MR) is 210 cm³/mol. The highest BCUT2D eigenvalue weighted by Gasteiger charge is 2.63. The number of fused-ring (bicyclic) bond motifs is 5. The van der Waals surface area contributed by atoms with Crippen LogP contribution in [0.1, 0.15) is 95.3 Å². The van der Waals surface area contributed by atoms with Gasteiger partial charge in [0, 0.05) is 12.0 Å². The number of carbonyl (C=O) groups is 3. The van der Waals surface area contributed by atoms with E-state index >= 15 is 0 Å². The molecule has 10 atom stereocenters. The van der Waals surface area contributed by atoms with Gasteiger partial charge in [0.05, 0.1) is 12.2 Å². The molecular formula is C44H53NO9S. The zero-order chi connectivity index (χ0) is 38.9. The maximum atomic E-state index is 13.3. The number of esters is 1. The van der Waals surface area contributed by atoms with Gasteiger partial charge < -0.3 is 15.2 Å². The van der Waals surface area contributed by atoms with Gasteiger partial charge in [0.25, 0.3) is 0 Å². The molecule has 8 rings (SSSR count). The minimum atomic E-state index is -4.52. The molecular weight excluding hydrogens is 719 g/mol. The second-order valence-electron chi connectivity index (χ2n) is 17.8. The number of rotatable bonds is 11. The number of aliphatic hydroxyl groups is 1. The summed E-state index contributed by atoms with van der Waals surface area (Å²) in [4.78, 5) is 38.8. The quantitative estimate of drug-likeness (QED) is 0.0603. The monoisotopic (exact) mass is 771 g/mol. The maximum Gasteiger partial charge on any atom is 0.397 e. The van der Waals surface area contributed by atoms with Gasteiger partial charge in [0.2, 0.25) is 11.7 Å². The number of nitrogens with one attached hydrogen (secondary N) is 1. The molecule has 11 heteroatoms. The van der Waals surface area contributed by atoms with Gasteiger partial charge in [-0.3, -0.25) is 18.9 Å². The first-order valence-corrected chi connectivity index (χ1v) is 21.5. The van der Waals surface area contributed by atoms with Crippen molar-refractivity contribution in [1.29, 1.82) is 0 Å². The third kappa shape index (κ3) is 6.93. The first kappa shape index (κ1) is 38.2. The Labute approximate surface area is 323 Å². The van der Waals surface area contributed by atoms with Gasteiger partial charge in [-0.15, -0.1) is 0 Å². The lowest BCUT2D eigenvalue weighted by atomic mass is 9.43. The molecule has 4 aromatic rings. The molecule has 0 unspecified atom stereocenters. The minimum Gasteiger partial charge on any atom is -0.456 e. The molecule has 0 spiro atoms. The van der Waals surface area contributed by atoms with E-state index in [1.54, 1.807) is 6.07 Å². The van der Waals surface area contributed by atoms with Crippen LogP contribution >= 0.6 is 0 Å². The largest absolute Gasteiger partial charge is 0.456 e. The van der Waals surface area contributed by atoms with E-state index < -0.39 is 35.2 Å². The Hall–Kier alpha value is -3.64. The van der Waals surface area contributed by atoms with E-state index in [4.69, 9.17) is 8.92 Å². The maximum absolute atomic E-state index is 13.3. The Morgan fingerprint density at radius 3 is 2.29 bits per heavy atom. The van der Waals surface area contributed by atoms with Crippen LogP contribution in [0.4, 0.5) is 0 Å². The molecule has 4 aliphatic carbocycles. The molecule has 3 N–H and O–H groups in total. The van der Waals surface area contributed by atoms with E-state index in [-0.39, 0.29) is 53.2 Å². The van der Waals surface area contributed by atoms with Gasteiger partial charge in [-0.25, -0.2) is 4.18 Å². The molecule has 0 aliphatic heterocycles. The molecule has 1 amide bonds. The molecule has 4 aliphatic rings. The van der Waals surface area contributed by atoms with E-state index in [9.17, 15) is 32.5 Å². The summed E-state index contributed by atoms with van der Waals surface area (Å²) in [5, 5.41) is 20.6. The van der Waals surface area contributed by atoms with Crippen molar-refractivity contribution in [2.45, 2.75) is 97.2 Å². The summed E-state index contributed by atoms with van der Waals surface area (Å²) in [6.45, 7) is 6.23. The zero-order valence-electron chi connectivity index (χ0n) is 32.0. The van der Waals surface area contributed by atoms with Crippen molar-refractivity contribution < 1.29 is 41.4 Å². The van der Waals surface area contributed by atoms with Gasteiger partial charge in [-0.1, -0.05) is 75.4 Å². The van der Waals surface area contributed by atoms with Crippen LogP contribution in [0.2, 0.25) is 0 Å². The lowest BCUT2D eigenvalue weighted by molar-refractivity contribution is -0.172. The smallest absolute Gasteiger partial charge is 0.397 e. The minimum absolute atomic E-state index is 0.00980. The van der Waals surface area contributed by atoms with Crippen LogP contribution in [0.3, 0.4) is 0 Å². The van der Waals surface area contributed by atoms with E-state index in [0.717, 1.165) is 64.4 Å². The fraction of sp³-hybridized carbons (Fsp3) is 0.568. The average molecular weight is 772 g/mol. The zero-order valence-corrected chi connectivity index (χ0v) is 32.8. The summed E-state index contributed by atoms with van der Waals surface area (Å²) in [7, 11) is -4.52. The number of hydrogen-bond donors (Lipinski definition) is 3. The Balaban J connectivity index is 0.823. The molecule has 4 saturated carbocycles. The molecule has 55 heavy (non-hydrogen) atoms. The summed E-state index contributed by atoms with van der Waals surface area (Å²) in [5.41, 5.74) is 0.544. The molecule has 0 bridgehead atoms. The van der Waals surface area contributed by atoms with Gasteiger partial charge >= 0.3 is 16.4 Å². The van der Waals surface area contributed by atoms with Crippen molar-refractivity contribution in [3.8, 4) is 0 Å². The second-order valence-corrected chi connectivity index (χ2v) is 18.8. The molecule has 10 nitrogen and oxygen atoms in total. The first-order chi connectivity index (χ1) is 26.2. The first-order valence-electron chi connectivity index (χ1n) is 20.1. The number of amides is 1. The summed E-state index contributed by atoms with van der Waals surface area (Å²) < 4.78 is 42.4. The molecule has 0 radical (unpaired) electrons. The Morgan fingerprint density at radius 1 is 0.873 bits per heavy atom. The molecule has 0 aromatic heterocycles. The highest BCUT2D eigenvalue weighted by Crippen LogP contribution is 2.68. The van der Waals surface area contributed by atoms with Crippen LogP contribution in [-0.4, -0.2) is 61.1 Å². The Kier molecular flexibility index (Phi) is 10.0. The second kappa shape index (κ2) is 14.4. The highest BCUT2D eigenvalue weighted by atomic mass is 32.3. The molecule has 4 aromatic carbocycles. The van der Waals surface area contributed by atoms with Gasteiger partial charge in [0.1, 0.15) is 6.54 Å². The lowest BCUT2D eigenvalue weighted by Crippen LogP contribution is -2.58. The fourth-order valence-electron chi connectivity index (χ4n) is 12.5. The molecule has 4 fully saturated rings. The lowest BCUT2D eigenvalue weighted by Gasteiger charge is -2.62. The predicted octanol–water partition coefficient (Wildman–Crippen LogP) is 7.66. The highest BCUT2D eigenvalue weighted by molar-refractivity contribution is 7.80. The Bertz CT molecular complexity index is 2220. The van der Waals surface area contributed by atoms with Gasteiger partial charge in [-0.05, 0) is 136 Å². The van der Waals surface area contributed by atoms with Crippen LogP contribution in [0.15, 0.2) is 54.6 Å². The third-order valence-corrected chi connectivity index (χ3v) is 15.6. The van der Waals surface area contributed by atoms with E-state index in [2.05, 4.69) is 50.4 Å². The third-order valence-electron chi connectivity index (χ3n) is 15.1. The van der Waals surface area contributed by atoms with Crippen LogP contribution in [0.25, 0.3) is 32.3 Å². The summed E-state index contributed by atoms with van der Waals surface area (Å²) in [5.74, 6) is 0.579. The number of aliphatic hydroxyl groups excluding tert-OH is 1. The van der Waals surface area contributed by atoms with Crippen molar-refractivity contribution in [2.75, 3.05) is 13.2 Å². The standard InChI is InChI=1S/C44H53NO9S/c1-25(33-14-15-34-42-35(18-20-44(33,34)3)43(2)19-17-30(54-55(50,51)52)21-29(43)22-36(42)46)7-16-38(48)45-23-39(49)53-24-37(47)31-12-10-28-9-8-26-5-4-6-27-11-13-32(31)41(28)40(26)27/h4-6,8-13,25,29-30,33-36,42,46H,7,14-24H2,1-3H3,(H,45,48)(H,50,51,52)/t25-,29+,30-,33-,34+,35+,36+,42+,43+,44-/m1/s1. The van der Waals surface area contributed by atoms with Crippen LogP contribution < -0.4 is 5.32 Å². The van der Waals surface area contributed by atoms with Crippen molar-refractivity contribution in [2.24, 2.45) is 46.3 Å². The van der Waals surface area contributed by atoms with Crippen LogP contribution in [0.5, 0.6) is 0 Å². The van der Waals surface area contributed by atoms with Crippen molar-refractivity contribution in [3.05, 3.63) is 60.2 Å². The number of benzene rings is 4. The van der Waals surface area contributed by atoms with E-state index in [1.165, 1.54) is 0 Å². The summed E-state index contributed by atoms with van der Waals surface area (Å²) in [6.07, 6.45) is 6.66. The fourth-order valence-corrected chi connectivity index (χ4v) is 13.0. The van der Waals surface area contributed by atoms with E-state index in [1.807, 2.05) is 24.3 Å².